The highest BCUT2D eigenvalue weighted by Gasteiger charge is 2.34. The van der Waals surface area contributed by atoms with Crippen LogP contribution in [-0.2, 0) is 4.84 Å². The fraction of sp³-hybridized carbons (Fsp3) is 0.300. The minimum absolute atomic E-state index is 0.0439. The summed E-state index contributed by atoms with van der Waals surface area (Å²) in [7, 11) is 0. The van der Waals surface area contributed by atoms with Gasteiger partial charge in [0.05, 0.1) is 11.3 Å². The summed E-state index contributed by atoms with van der Waals surface area (Å²) in [5, 5.41) is 1.28. The lowest BCUT2D eigenvalue weighted by atomic mass is 9.96. The van der Waals surface area contributed by atoms with Gasteiger partial charge in [-0.05, 0) is 37.1 Å². The van der Waals surface area contributed by atoms with Gasteiger partial charge in [0.25, 0.3) is 5.91 Å². The summed E-state index contributed by atoms with van der Waals surface area (Å²) in [4.78, 5) is 24.3. The van der Waals surface area contributed by atoms with Gasteiger partial charge in [0, 0.05) is 25.1 Å². The van der Waals surface area contributed by atoms with E-state index in [4.69, 9.17) is 4.84 Å². The molecule has 0 bridgehead atoms. The second kappa shape index (κ2) is 7.63. The molecule has 4 rings (SSSR count). The predicted octanol–water partition coefficient (Wildman–Crippen LogP) is 3.76. The molecule has 1 amide bonds. The number of hydrogen-bond acceptors (Lipinski definition) is 4. The van der Waals surface area contributed by atoms with Gasteiger partial charge in [-0.2, -0.15) is 0 Å². The van der Waals surface area contributed by atoms with Crippen LogP contribution in [0.5, 0.6) is 0 Å². The molecule has 0 radical (unpaired) electrons. The second-order valence-electron chi connectivity index (χ2n) is 6.82. The zero-order chi connectivity index (χ0) is 19.7. The molecule has 2 aromatic carbocycles. The summed E-state index contributed by atoms with van der Waals surface area (Å²) >= 11 is 0. The summed E-state index contributed by atoms with van der Waals surface area (Å²) in [5.41, 5.74) is 0.364. The number of carbonyl (C=O) groups is 1. The molecule has 0 saturated carbocycles. The zero-order valence-corrected chi connectivity index (χ0v) is 14.9. The van der Waals surface area contributed by atoms with E-state index < -0.39 is 23.7 Å². The van der Waals surface area contributed by atoms with Gasteiger partial charge in [-0.15, -0.1) is 0 Å². The number of aliphatic imine (C=N–C) groups is 1. The number of halogens is 3. The SMILES string of the molecule is O=C(c1ccccc1F)N1CCCC([C@H]2N=CN(c3ccc(F)c(F)c3)O2)C1. The highest BCUT2D eigenvalue weighted by Crippen LogP contribution is 2.29. The number of nitrogens with zero attached hydrogens (tertiary/aromatic N) is 3. The third-order valence-corrected chi connectivity index (χ3v) is 4.95. The van der Waals surface area contributed by atoms with Gasteiger partial charge >= 0.3 is 0 Å². The normalized spacial score (nSPS) is 22.0. The summed E-state index contributed by atoms with van der Waals surface area (Å²) in [6.07, 6.45) is 2.39. The Kier molecular flexibility index (Phi) is 5.04. The summed E-state index contributed by atoms with van der Waals surface area (Å²) in [5.74, 6) is -2.91. The topological polar surface area (TPSA) is 45.1 Å². The molecule has 2 aliphatic heterocycles. The standard InChI is InChI=1S/C20H18F3N3O2/c21-16-6-2-1-5-15(16)20(27)25-9-3-4-13(11-25)19-24-12-26(28-19)14-7-8-17(22)18(23)10-14/h1-2,5-8,10,12-13,19H,3-4,9,11H2/t13?,19-/m0/s1. The maximum Gasteiger partial charge on any atom is 0.256 e. The van der Waals surface area contributed by atoms with Gasteiger partial charge < -0.3 is 4.90 Å². The Morgan fingerprint density at radius 2 is 1.89 bits per heavy atom. The molecule has 5 nitrogen and oxygen atoms in total. The lowest BCUT2D eigenvalue weighted by Gasteiger charge is -2.34. The number of likely N-dealkylation sites (tertiary alicyclic amines) is 1. The number of benzene rings is 2. The molecule has 1 fully saturated rings. The third-order valence-electron chi connectivity index (χ3n) is 4.95. The Labute approximate surface area is 160 Å². The molecule has 146 valence electrons. The number of carbonyl (C=O) groups excluding carboxylic acids is 1. The van der Waals surface area contributed by atoms with Crippen molar-refractivity contribution in [1.82, 2.24) is 4.90 Å². The van der Waals surface area contributed by atoms with E-state index >= 15 is 0 Å². The molecule has 1 unspecified atom stereocenters. The van der Waals surface area contributed by atoms with Crippen molar-refractivity contribution in [3.8, 4) is 0 Å². The largest absolute Gasteiger partial charge is 0.338 e. The highest BCUT2D eigenvalue weighted by atomic mass is 19.2. The van der Waals surface area contributed by atoms with E-state index in [0.29, 0.717) is 18.8 Å². The maximum atomic E-state index is 13.9. The van der Waals surface area contributed by atoms with Crippen LogP contribution in [0.3, 0.4) is 0 Å². The average molecular weight is 389 g/mol. The fourth-order valence-corrected chi connectivity index (χ4v) is 3.49. The van der Waals surface area contributed by atoms with Crippen LogP contribution in [-0.4, -0.2) is 36.5 Å². The molecule has 2 atom stereocenters. The highest BCUT2D eigenvalue weighted by molar-refractivity contribution is 5.94. The van der Waals surface area contributed by atoms with E-state index in [1.165, 1.54) is 29.6 Å². The van der Waals surface area contributed by atoms with Crippen molar-refractivity contribution < 1.29 is 22.8 Å². The lowest BCUT2D eigenvalue weighted by Crippen LogP contribution is -2.44. The van der Waals surface area contributed by atoms with E-state index in [-0.39, 0.29) is 17.4 Å². The minimum atomic E-state index is -0.975. The van der Waals surface area contributed by atoms with Crippen LogP contribution in [0.4, 0.5) is 18.9 Å². The molecule has 0 aromatic heterocycles. The zero-order valence-electron chi connectivity index (χ0n) is 14.9. The van der Waals surface area contributed by atoms with Crippen molar-refractivity contribution in [2.24, 2.45) is 10.9 Å². The van der Waals surface area contributed by atoms with Crippen LogP contribution in [0.2, 0.25) is 0 Å². The van der Waals surface area contributed by atoms with Crippen molar-refractivity contribution >= 4 is 17.9 Å². The summed E-state index contributed by atoms with van der Waals surface area (Å²) in [6.45, 7) is 0.910. The third kappa shape index (κ3) is 3.60. The van der Waals surface area contributed by atoms with E-state index in [1.54, 1.807) is 17.0 Å². The van der Waals surface area contributed by atoms with Crippen molar-refractivity contribution in [1.29, 1.82) is 0 Å². The predicted molar refractivity (Wildman–Crippen MR) is 97.2 cm³/mol. The van der Waals surface area contributed by atoms with Crippen LogP contribution < -0.4 is 5.06 Å². The van der Waals surface area contributed by atoms with E-state index in [2.05, 4.69) is 4.99 Å². The molecular weight excluding hydrogens is 371 g/mol. The first-order valence-electron chi connectivity index (χ1n) is 9.01. The summed E-state index contributed by atoms with van der Waals surface area (Å²) < 4.78 is 40.5. The first-order chi connectivity index (χ1) is 13.5. The molecule has 8 heteroatoms. The van der Waals surface area contributed by atoms with Crippen molar-refractivity contribution in [3.05, 3.63) is 65.5 Å². The van der Waals surface area contributed by atoms with Gasteiger partial charge in [-0.25, -0.2) is 28.1 Å². The fourth-order valence-electron chi connectivity index (χ4n) is 3.49. The lowest BCUT2D eigenvalue weighted by molar-refractivity contribution is 0.0109. The smallest absolute Gasteiger partial charge is 0.256 e. The molecule has 2 aromatic rings. The summed E-state index contributed by atoms with van der Waals surface area (Å²) in [6, 6.07) is 9.33. The van der Waals surface area contributed by atoms with Crippen molar-refractivity contribution in [2.45, 2.75) is 19.1 Å². The molecule has 0 N–H and O–H groups in total. The Morgan fingerprint density at radius 3 is 2.68 bits per heavy atom. The molecule has 1 saturated heterocycles. The van der Waals surface area contributed by atoms with Crippen molar-refractivity contribution in [2.75, 3.05) is 18.2 Å². The Balaban J connectivity index is 1.43. The first-order valence-corrected chi connectivity index (χ1v) is 9.01. The van der Waals surface area contributed by atoms with Crippen molar-refractivity contribution in [3.63, 3.8) is 0 Å². The number of piperidine rings is 1. The molecule has 0 aliphatic carbocycles. The van der Waals surface area contributed by atoms with Crippen LogP contribution in [0.15, 0.2) is 47.5 Å². The van der Waals surface area contributed by atoms with Gasteiger partial charge in [0.2, 0.25) is 0 Å². The maximum absolute atomic E-state index is 13.9. The number of rotatable bonds is 3. The Bertz CT molecular complexity index is 921. The molecular formula is C20H18F3N3O2. The van der Waals surface area contributed by atoms with Gasteiger partial charge in [0.15, 0.2) is 17.9 Å². The number of hydroxylamine groups is 1. The number of amides is 1. The Hall–Kier alpha value is -2.87. The molecule has 28 heavy (non-hydrogen) atoms. The van der Waals surface area contributed by atoms with E-state index in [1.807, 2.05) is 0 Å². The number of hydrogen-bond donors (Lipinski definition) is 0. The first kappa shape index (κ1) is 18.5. The second-order valence-corrected chi connectivity index (χ2v) is 6.82. The van der Waals surface area contributed by atoms with E-state index in [0.717, 1.165) is 25.0 Å². The van der Waals surface area contributed by atoms with Crippen LogP contribution in [0.25, 0.3) is 0 Å². The van der Waals surface area contributed by atoms with E-state index in [9.17, 15) is 18.0 Å². The van der Waals surface area contributed by atoms with Crippen LogP contribution in [0.1, 0.15) is 23.2 Å². The van der Waals surface area contributed by atoms with Gasteiger partial charge in [-0.3, -0.25) is 4.79 Å². The minimum Gasteiger partial charge on any atom is -0.338 e. The molecule has 2 heterocycles. The molecule has 0 spiro atoms. The quantitative estimate of drug-likeness (QED) is 0.803. The van der Waals surface area contributed by atoms with Crippen LogP contribution in [0, 0.1) is 23.4 Å². The Morgan fingerprint density at radius 1 is 1.07 bits per heavy atom. The molecule has 2 aliphatic rings. The van der Waals surface area contributed by atoms with Gasteiger partial charge in [-0.1, -0.05) is 12.1 Å². The number of anilines is 1. The van der Waals surface area contributed by atoms with Crippen LogP contribution >= 0.6 is 0 Å². The monoisotopic (exact) mass is 389 g/mol. The van der Waals surface area contributed by atoms with Gasteiger partial charge in [0.1, 0.15) is 12.2 Å². The average Bonchev–Trinajstić information content (AvgIpc) is 3.20.